The fourth-order valence-electron chi connectivity index (χ4n) is 2.17. The van der Waals surface area contributed by atoms with E-state index in [4.69, 9.17) is 4.74 Å². The normalized spacial score (nSPS) is 16.9. The molecule has 0 N–H and O–H groups in total. The average Bonchev–Trinajstić information content (AvgIpc) is 2.40. The number of benzene rings is 1. The molecular formula is C14H15F3O3. The molecular weight excluding hydrogens is 273 g/mol. The highest BCUT2D eigenvalue weighted by Crippen LogP contribution is 2.23. The Labute approximate surface area is 114 Å². The molecule has 1 fully saturated rings. The topological polar surface area (TPSA) is 35.5 Å². The molecule has 0 amide bonds. The van der Waals surface area contributed by atoms with Crippen molar-refractivity contribution < 1.29 is 27.4 Å². The summed E-state index contributed by atoms with van der Waals surface area (Å²) in [6.07, 6.45) is -3.03. The van der Waals surface area contributed by atoms with Crippen LogP contribution in [-0.2, 0) is 16.0 Å². The number of ether oxygens (including phenoxy) is 2. The van der Waals surface area contributed by atoms with Crippen LogP contribution in [0.15, 0.2) is 24.3 Å². The van der Waals surface area contributed by atoms with Crippen molar-refractivity contribution in [1.29, 1.82) is 0 Å². The summed E-state index contributed by atoms with van der Waals surface area (Å²) in [5.41, 5.74) is 0.691. The lowest BCUT2D eigenvalue weighted by Crippen LogP contribution is -2.24. The van der Waals surface area contributed by atoms with E-state index in [9.17, 15) is 18.0 Å². The predicted molar refractivity (Wildman–Crippen MR) is 65.4 cm³/mol. The van der Waals surface area contributed by atoms with Crippen molar-refractivity contribution in [3.63, 3.8) is 0 Å². The van der Waals surface area contributed by atoms with E-state index in [0.717, 1.165) is 0 Å². The lowest BCUT2D eigenvalue weighted by atomic mass is 9.91. The highest BCUT2D eigenvalue weighted by molar-refractivity contribution is 5.83. The van der Waals surface area contributed by atoms with Gasteiger partial charge in [-0.25, -0.2) is 0 Å². The van der Waals surface area contributed by atoms with E-state index in [1.54, 1.807) is 0 Å². The zero-order valence-corrected chi connectivity index (χ0v) is 10.8. The molecule has 1 saturated heterocycles. The maximum absolute atomic E-state index is 12.0. The van der Waals surface area contributed by atoms with Crippen molar-refractivity contribution >= 4 is 5.78 Å². The third-order valence-electron chi connectivity index (χ3n) is 3.21. The summed E-state index contributed by atoms with van der Waals surface area (Å²) < 4.78 is 45.0. The van der Waals surface area contributed by atoms with E-state index in [-0.39, 0.29) is 23.9 Å². The molecule has 0 aliphatic carbocycles. The van der Waals surface area contributed by atoms with Crippen LogP contribution < -0.4 is 4.74 Å². The number of hydrogen-bond donors (Lipinski definition) is 0. The van der Waals surface area contributed by atoms with Crippen LogP contribution in [0.5, 0.6) is 5.75 Å². The number of carbonyl (C=O) groups excluding carboxylic acids is 1. The molecule has 1 aromatic carbocycles. The third-order valence-corrected chi connectivity index (χ3v) is 3.21. The van der Waals surface area contributed by atoms with Crippen molar-refractivity contribution in [1.82, 2.24) is 0 Å². The summed E-state index contributed by atoms with van der Waals surface area (Å²) in [7, 11) is 0. The van der Waals surface area contributed by atoms with E-state index in [1.807, 2.05) is 0 Å². The van der Waals surface area contributed by atoms with Gasteiger partial charge in [0, 0.05) is 25.6 Å². The minimum Gasteiger partial charge on any atom is -0.406 e. The summed E-state index contributed by atoms with van der Waals surface area (Å²) in [5.74, 6) is -0.174. The maximum Gasteiger partial charge on any atom is 0.573 e. The molecule has 1 aromatic rings. The highest BCUT2D eigenvalue weighted by Gasteiger charge is 2.31. The number of alkyl halides is 3. The number of carbonyl (C=O) groups is 1. The average molecular weight is 288 g/mol. The summed E-state index contributed by atoms with van der Waals surface area (Å²) in [5, 5.41) is 0. The van der Waals surface area contributed by atoms with Crippen molar-refractivity contribution in [3.8, 4) is 5.75 Å². The fraction of sp³-hybridized carbons (Fsp3) is 0.500. The standard InChI is InChI=1S/C14H15F3O3/c15-14(16,17)20-12-3-1-10(2-4-12)9-13(18)11-5-7-19-8-6-11/h1-4,11H,5-9H2. The first-order valence-corrected chi connectivity index (χ1v) is 6.39. The number of hydrogen-bond acceptors (Lipinski definition) is 3. The second-order valence-electron chi connectivity index (χ2n) is 4.72. The smallest absolute Gasteiger partial charge is 0.406 e. The number of ketones is 1. The molecule has 0 saturated carbocycles. The van der Waals surface area contributed by atoms with Crippen LogP contribution in [0.4, 0.5) is 13.2 Å². The van der Waals surface area contributed by atoms with Crippen molar-refractivity contribution in [3.05, 3.63) is 29.8 Å². The SMILES string of the molecule is O=C(Cc1ccc(OC(F)(F)F)cc1)C1CCOCC1. The largest absolute Gasteiger partial charge is 0.573 e. The lowest BCUT2D eigenvalue weighted by molar-refractivity contribution is -0.274. The first-order valence-electron chi connectivity index (χ1n) is 6.39. The Bertz CT molecular complexity index is 448. The fourth-order valence-corrected chi connectivity index (χ4v) is 2.17. The second kappa shape index (κ2) is 6.26. The number of halogens is 3. The van der Waals surface area contributed by atoms with Gasteiger partial charge in [-0.1, -0.05) is 12.1 Å². The van der Waals surface area contributed by atoms with Crippen molar-refractivity contribution in [2.24, 2.45) is 5.92 Å². The summed E-state index contributed by atoms with van der Waals surface area (Å²) >= 11 is 0. The molecule has 1 heterocycles. The van der Waals surface area contributed by atoms with Gasteiger partial charge in [0.25, 0.3) is 0 Å². The van der Waals surface area contributed by atoms with E-state index in [0.29, 0.717) is 31.6 Å². The number of Topliss-reactive ketones (excluding diaryl/α,β-unsaturated/α-hetero) is 1. The Hall–Kier alpha value is -1.56. The molecule has 0 unspecified atom stereocenters. The molecule has 1 aliphatic heterocycles. The van der Waals surface area contributed by atoms with Crippen LogP contribution in [-0.4, -0.2) is 25.4 Å². The molecule has 6 heteroatoms. The summed E-state index contributed by atoms with van der Waals surface area (Å²) in [6, 6.07) is 5.41. The highest BCUT2D eigenvalue weighted by atomic mass is 19.4. The summed E-state index contributed by atoms with van der Waals surface area (Å²) in [4.78, 5) is 12.0. The quantitative estimate of drug-likeness (QED) is 0.854. The molecule has 3 nitrogen and oxygen atoms in total. The first-order chi connectivity index (χ1) is 9.44. The van der Waals surface area contributed by atoms with E-state index in [1.165, 1.54) is 24.3 Å². The van der Waals surface area contributed by atoms with Crippen molar-refractivity contribution in [2.45, 2.75) is 25.6 Å². The molecule has 1 aliphatic rings. The van der Waals surface area contributed by atoms with Gasteiger partial charge in [-0.2, -0.15) is 0 Å². The van der Waals surface area contributed by atoms with Gasteiger partial charge < -0.3 is 9.47 Å². The van der Waals surface area contributed by atoms with E-state index >= 15 is 0 Å². The van der Waals surface area contributed by atoms with Gasteiger partial charge in [0.1, 0.15) is 11.5 Å². The van der Waals surface area contributed by atoms with Crippen LogP contribution in [0.1, 0.15) is 18.4 Å². The van der Waals surface area contributed by atoms with Gasteiger partial charge in [-0.05, 0) is 30.5 Å². The predicted octanol–water partition coefficient (Wildman–Crippen LogP) is 3.12. The second-order valence-corrected chi connectivity index (χ2v) is 4.72. The molecule has 2 rings (SSSR count). The van der Waals surface area contributed by atoms with Crippen LogP contribution >= 0.6 is 0 Å². The van der Waals surface area contributed by atoms with Crippen molar-refractivity contribution in [2.75, 3.05) is 13.2 Å². The monoisotopic (exact) mass is 288 g/mol. The third kappa shape index (κ3) is 4.52. The molecule has 0 radical (unpaired) electrons. The Kier molecular flexibility index (Phi) is 4.65. The zero-order valence-electron chi connectivity index (χ0n) is 10.8. The minimum atomic E-state index is -4.70. The molecule has 110 valence electrons. The van der Waals surface area contributed by atoms with Gasteiger partial charge in [0.2, 0.25) is 0 Å². The molecule has 0 atom stereocenters. The number of rotatable bonds is 4. The van der Waals surface area contributed by atoms with Crippen LogP contribution in [0.2, 0.25) is 0 Å². The van der Waals surface area contributed by atoms with Gasteiger partial charge in [-0.3, -0.25) is 4.79 Å². The molecule has 0 bridgehead atoms. The van der Waals surface area contributed by atoms with Gasteiger partial charge >= 0.3 is 6.36 Å². The van der Waals surface area contributed by atoms with Gasteiger partial charge in [-0.15, -0.1) is 13.2 Å². The van der Waals surface area contributed by atoms with Crippen LogP contribution in [0, 0.1) is 5.92 Å². The van der Waals surface area contributed by atoms with Crippen LogP contribution in [0.3, 0.4) is 0 Å². The summed E-state index contributed by atoms with van der Waals surface area (Å²) in [6.45, 7) is 1.18. The lowest BCUT2D eigenvalue weighted by Gasteiger charge is -2.20. The van der Waals surface area contributed by atoms with Crippen LogP contribution in [0.25, 0.3) is 0 Å². The molecule has 0 spiro atoms. The Morgan fingerprint density at radius 2 is 1.80 bits per heavy atom. The minimum absolute atomic E-state index is 0.00477. The van der Waals surface area contributed by atoms with Gasteiger partial charge in [0.05, 0.1) is 0 Å². The van der Waals surface area contributed by atoms with E-state index in [2.05, 4.69) is 4.74 Å². The Balaban J connectivity index is 1.91. The van der Waals surface area contributed by atoms with Gasteiger partial charge in [0.15, 0.2) is 0 Å². The van der Waals surface area contributed by atoms with E-state index < -0.39 is 6.36 Å². The maximum atomic E-state index is 12.0. The Morgan fingerprint density at radius 3 is 2.35 bits per heavy atom. The molecule has 20 heavy (non-hydrogen) atoms. The Morgan fingerprint density at radius 1 is 1.20 bits per heavy atom. The zero-order chi connectivity index (χ0) is 14.6. The molecule has 0 aromatic heterocycles. The first kappa shape index (κ1) is 14.8.